The number of nitrogens with zero attached hydrogens (tertiary/aromatic N) is 2. The highest BCUT2D eigenvalue weighted by Gasteiger charge is 2.29. The smallest absolute Gasteiger partial charge is 0.318 e. The van der Waals surface area contributed by atoms with Gasteiger partial charge in [-0.05, 0) is 29.7 Å². The molecule has 2 heterocycles. The molecule has 0 spiro atoms. The second kappa shape index (κ2) is 10.5. The number of morpholine rings is 1. The summed E-state index contributed by atoms with van der Waals surface area (Å²) in [7, 11) is 1.65. The van der Waals surface area contributed by atoms with Gasteiger partial charge in [-0.15, -0.1) is 0 Å². The van der Waals surface area contributed by atoms with Gasteiger partial charge >= 0.3 is 6.03 Å². The highest BCUT2D eigenvalue weighted by atomic mass is 16.5. The second-order valence-electron chi connectivity index (χ2n) is 7.93. The maximum atomic E-state index is 12.4. The molecule has 2 fully saturated rings. The van der Waals surface area contributed by atoms with Gasteiger partial charge in [0.05, 0.1) is 33.0 Å². The number of carbonyl (C=O) groups is 1. The molecule has 7 heteroatoms. The first-order valence-electron chi connectivity index (χ1n) is 10.9. The Bertz CT molecular complexity index is 855. The summed E-state index contributed by atoms with van der Waals surface area (Å²) in [5.74, 6) is 1.43. The molecule has 0 bridgehead atoms. The van der Waals surface area contributed by atoms with Crippen LogP contribution < -0.4 is 14.8 Å². The van der Waals surface area contributed by atoms with Crippen LogP contribution in [0.1, 0.15) is 23.6 Å². The molecule has 2 aliphatic rings. The molecule has 0 saturated carbocycles. The van der Waals surface area contributed by atoms with E-state index in [1.165, 1.54) is 0 Å². The fraction of sp³-hybridized carbons (Fsp3) is 0.458. The third-order valence-electron chi connectivity index (χ3n) is 5.77. The molecule has 1 N–H and O–H groups in total. The molecule has 1 atom stereocenters. The van der Waals surface area contributed by atoms with Crippen molar-refractivity contribution in [2.24, 2.45) is 0 Å². The Kier molecular flexibility index (Phi) is 7.27. The standard InChI is InChI=1S/C24H31N3O4/c1-29-23-16-19(8-9-22(23)31-13-5-10-26-11-14-30-15-12-26)17-27-18-21(25-24(27)28)20-6-3-2-4-7-20/h2-4,6-9,16,21H,5,10-15,17-18H2,1H3,(H,25,28)/t21-/m1/s1. The summed E-state index contributed by atoms with van der Waals surface area (Å²) in [5.41, 5.74) is 2.14. The van der Waals surface area contributed by atoms with Gasteiger partial charge in [0.25, 0.3) is 0 Å². The molecule has 2 aromatic carbocycles. The van der Waals surface area contributed by atoms with E-state index in [0.717, 1.165) is 56.1 Å². The van der Waals surface area contributed by atoms with Crippen LogP contribution in [0, 0.1) is 0 Å². The average molecular weight is 426 g/mol. The first kappa shape index (κ1) is 21.5. The van der Waals surface area contributed by atoms with E-state index in [1.54, 1.807) is 7.11 Å². The lowest BCUT2D eigenvalue weighted by atomic mass is 10.1. The van der Waals surface area contributed by atoms with Crippen molar-refractivity contribution >= 4 is 6.03 Å². The second-order valence-corrected chi connectivity index (χ2v) is 7.93. The predicted octanol–water partition coefficient (Wildman–Crippen LogP) is 3.06. The van der Waals surface area contributed by atoms with Gasteiger partial charge in [-0.3, -0.25) is 4.90 Å². The fourth-order valence-electron chi connectivity index (χ4n) is 4.04. The minimum Gasteiger partial charge on any atom is -0.493 e. The molecule has 0 aliphatic carbocycles. The van der Waals surface area contributed by atoms with Gasteiger partial charge in [0.15, 0.2) is 11.5 Å². The Hall–Kier alpha value is -2.77. The van der Waals surface area contributed by atoms with Crippen molar-refractivity contribution in [3.63, 3.8) is 0 Å². The summed E-state index contributed by atoms with van der Waals surface area (Å²) in [4.78, 5) is 16.7. The molecule has 0 aromatic heterocycles. The molecular formula is C24H31N3O4. The number of ether oxygens (including phenoxy) is 3. The molecule has 0 radical (unpaired) electrons. The number of amides is 2. The number of urea groups is 1. The minimum absolute atomic E-state index is 0.0182. The maximum absolute atomic E-state index is 12.4. The highest BCUT2D eigenvalue weighted by Crippen LogP contribution is 2.30. The predicted molar refractivity (Wildman–Crippen MR) is 118 cm³/mol. The Morgan fingerprint density at radius 3 is 2.68 bits per heavy atom. The van der Waals surface area contributed by atoms with E-state index in [4.69, 9.17) is 14.2 Å². The monoisotopic (exact) mass is 425 g/mol. The lowest BCUT2D eigenvalue weighted by Gasteiger charge is -2.26. The van der Waals surface area contributed by atoms with Crippen LogP contribution in [-0.2, 0) is 11.3 Å². The van der Waals surface area contributed by atoms with Crippen LogP contribution in [-0.4, -0.2) is 68.9 Å². The fourth-order valence-corrected chi connectivity index (χ4v) is 4.04. The van der Waals surface area contributed by atoms with Gasteiger partial charge in [0.2, 0.25) is 0 Å². The number of benzene rings is 2. The topological polar surface area (TPSA) is 63.3 Å². The van der Waals surface area contributed by atoms with E-state index in [2.05, 4.69) is 10.2 Å². The highest BCUT2D eigenvalue weighted by molar-refractivity contribution is 5.77. The van der Waals surface area contributed by atoms with Crippen molar-refractivity contribution in [1.29, 1.82) is 0 Å². The third kappa shape index (κ3) is 5.68. The van der Waals surface area contributed by atoms with Gasteiger partial charge in [-0.2, -0.15) is 0 Å². The zero-order valence-electron chi connectivity index (χ0n) is 18.1. The summed E-state index contributed by atoms with van der Waals surface area (Å²) in [6, 6.07) is 15.9. The number of carbonyl (C=O) groups excluding carboxylic acids is 1. The zero-order valence-corrected chi connectivity index (χ0v) is 18.1. The first-order chi connectivity index (χ1) is 15.2. The molecule has 2 amide bonds. The summed E-state index contributed by atoms with van der Waals surface area (Å²) >= 11 is 0. The van der Waals surface area contributed by atoms with Gasteiger partial charge in [0, 0.05) is 32.7 Å². The molecule has 2 aliphatic heterocycles. The minimum atomic E-state index is -0.0451. The lowest BCUT2D eigenvalue weighted by Crippen LogP contribution is -2.37. The molecular weight excluding hydrogens is 394 g/mol. The van der Waals surface area contributed by atoms with Crippen molar-refractivity contribution in [1.82, 2.24) is 15.1 Å². The van der Waals surface area contributed by atoms with E-state index in [9.17, 15) is 4.79 Å². The van der Waals surface area contributed by atoms with Gasteiger partial charge in [-0.25, -0.2) is 4.79 Å². The molecule has 166 valence electrons. The Morgan fingerprint density at radius 1 is 1.10 bits per heavy atom. The molecule has 4 rings (SSSR count). The summed E-state index contributed by atoms with van der Waals surface area (Å²) in [6.07, 6.45) is 0.958. The Labute approximate surface area is 183 Å². The molecule has 0 unspecified atom stereocenters. The van der Waals surface area contributed by atoms with Crippen LogP contribution in [0.3, 0.4) is 0 Å². The van der Waals surface area contributed by atoms with Crippen molar-refractivity contribution in [2.45, 2.75) is 19.0 Å². The third-order valence-corrected chi connectivity index (χ3v) is 5.77. The van der Waals surface area contributed by atoms with Crippen molar-refractivity contribution < 1.29 is 19.0 Å². The van der Waals surface area contributed by atoms with Crippen LogP contribution in [0.2, 0.25) is 0 Å². The molecule has 7 nitrogen and oxygen atoms in total. The van der Waals surface area contributed by atoms with Crippen LogP contribution >= 0.6 is 0 Å². The molecule has 2 aromatic rings. The van der Waals surface area contributed by atoms with Crippen LogP contribution in [0.15, 0.2) is 48.5 Å². The summed E-state index contributed by atoms with van der Waals surface area (Å²) in [6.45, 7) is 6.44. The SMILES string of the molecule is COc1cc(CN2C[C@H](c3ccccc3)NC2=O)ccc1OCCCN1CCOCC1. The first-order valence-corrected chi connectivity index (χ1v) is 10.9. The number of hydrogen-bond acceptors (Lipinski definition) is 5. The number of rotatable bonds is 9. The van der Waals surface area contributed by atoms with Crippen molar-refractivity contribution in [3.05, 3.63) is 59.7 Å². The Morgan fingerprint density at radius 2 is 1.90 bits per heavy atom. The van der Waals surface area contributed by atoms with Gasteiger partial charge in [0.1, 0.15) is 0 Å². The Balaban J connectivity index is 1.30. The van der Waals surface area contributed by atoms with Crippen molar-refractivity contribution in [3.8, 4) is 11.5 Å². The summed E-state index contributed by atoms with van der Waals surface area (Å²) < 4.78 is 16.9. The van der Waals surface area contributed by atoms with Crippen LogP contribution in [0.25, 0.3) is 0 Å². The maximum Gasteiger partial charge on any atom is 0.318 e. The quantitative estimate of drug-likeness (QED) is 0.626. The van der Waals surface area contributed by atoms with Crippen LogP contribution in [0.4, 0.5) is 4.79 Å². The van der Waals surface area contributed by atoms with E-state index in [1.807, 2.05) is 53.4 Å². The van der Waals surface area contributed by atoms with E-state index < -0.39 is 0 Å². The lowest BCUT2D eigenvalue weighted by molar-refractivity contribution is 0.0357. The number of nitrogens with one attached hydrogen (secondary N) is 1. The largest absolute Gasteiger partial charge is 0.493 e. The number of hydrogen-bond donors (Lipinski definition) is 1. The summed E-state index contributed by atoms with van der Waals surface area (Å²) in [5, 5.41) is 3.06. The van der Waals surface area contributed by atoms with Gasteiger partial charge in [-0.1, -0.05) is 36.4 Å². The van der Waals surface area contributed by atoms with E-state index >= 15 is 0 Å². The van der Waals surface area contributed by atoms with E-state index in [-0.39, 0.29) is 12.1 Å². The zero-order chi connectivity index (χ0) is 21.5. The molecule has 31 heavy (non-hydrogen) atoms. The van der Waals surface area contributed by atoms with Gasteiger partial charge < -0.3 is 24.4 Å². The number of methoxy groups -OCH3 is 1. The van der Waals surface area contributed by atoms with Crippen molar-refractivity contribution in [2.75, 3.05) is 53.1 Å². The van der Waals surface area contributed by atoms with Crippen LogP contribution in [0.5, 0.6) is 11.5 Å². The molecule has 2 saturated heterocycles. The average Bonchev–Trinajstić information content (AvgIpc) is 3.18. The normalized spacial score (nSPS) is 19.3. The van der Waals surface area contributed by atoms with E-state index in [0.29, 0.717) is 25.4 Å².